The fraction of sp³-hybridized carbons (Fsp3) is 0.316. The number of anilines is 1. The van der Waals surface area contributed by atoms with E-state index in [0.717, 1.165) is 36.8 Å². The van der Waals surface area contributed by atoms with Crippen LogP contribution in [-0.2, 0) is 12.8 Å². The average Bonchev–Trinajstić information content (AvgIpc) is 3.02. The van der Waals surface area contributed by atoms with E-state index in [-0.39, 0.29) is 5.11 Å². The second-order valence-electron chi connectivity index (χ2n) is 6.74. The molecule has 158 valence electrons. The van der Waals surface area contributed by atoms with E-state index in [9.17, 15) is 27.6 Å². The van der Waals surface area contributed by atoms with Gasteiger partial charge in [-0.05, 0) is 43.0 Å². The number of hydrogen-bond acceptors (Lipinski definition) is 5. The zero-order valence-electron chi connectivity index (χ0n) is 15.8. The molecule has 0 saturated carbocycles. The Kier molecular flexibility index (Phi) is 6.28. The molecule has 2 aromatic rings. The van der Waals surface area contributed by atoms with Gasteiger partial charge in [0.05, 0.1) is 12.7 Å². The van der Waals surface area contributed by atoms with Gasteiger partial charge in [-0.25, -0.2) is 8.78 Å². The van der Waals surface area contributed by atoms with Crippen molar-refractivity contribution in [3.8, 4) is 11.8 Å². The van der Waals surface area contributed by atoms with Crippen LogP contribution in [0.25, 0.3) is 0 Å². The number of benzene rings is 1. The number of rotatable bonds is 3. The second kappa shape index (κ2) is 8.57. The molecular formula is C19H15F4N3O2S2. The number of carbonyl (C=O) groups is 1. The number of thiophene rings is 1. The molecule has 3 rings (SSSR count). The van der Waals surface area contributed by atoms with Crippen LogP contribution in [0.1, 0.15) is 39.7 Å². The number of nitrogens with zero attached hydrogens (tertiary/aromatic N) is 1. The molecule has 1 aliphatic carbocycles. The maximum absolute atomic E-state index is 14.1. The van der Waals surface area contributed by atoms with E-state index in [1.807, 2.05) is 5.32 Å². The first-order chi connectivity index (χ1) is 14.2. The van der Waals surface area contributed by atoms with Gasteiger partial charge in [-0.1, -0.05) is 6.92 Å². The van der Waals surface area contributed by atoms with Gasteiger partial charge in [0.2, 0.25) is 11.6 Å². The van der Waals surface area contributed by atoms with Gasteiger partial charge < -0.3 is 10.1 Å². The SMILES string of the molecule is COc1c(F)c(F)c(C(=O)NC(=S)Nc2sc3c(c2C#N)CC[C@@H](C)C3)c(F)c1F. The molecule has 0 bridgehead atoms. The highest BCUT2D eigenvalue weighted by atomic mass is 32.1. The van der Waals surface area contributed by atoms with E-state index >= 15 is 0 Å². The Morgan fingerprint density at radius 1 is 1.23 bits per heavy atom. The van der Waals surface area contributed by atoms with E-state index in [2.05, 4.69) is 23.0 Å². The smallest absolute Gasteiger partial charge is 0.263 e. The predicted octanol–water partition coefficient (Wildman–Crippen LogP) is 4.44. The van der Waals surface area contributed by atoms with Crippen molar-refractivity contribution in [3.63, 3.8) is 0 Å². The van der Waals surface area contributed by atoms with Crippen molar-refractivity contribution in [3.05, 3.63) is 44.8 Å². The zero-order chi connectivity index (χ0) is 22.2. The molecular weight excluding hydrogens is 442 g/mol. The van der Waals surface area contributed by atoms with Crippen molar-refractivity contribution in [2.24, 2.45) is 5.92 Å². The minimum atomic E-state index is -1.91. The standard InChI is InChI=1S/C19H15F4N3O2S2/c1-7-3-4-8-9(6-24)18(30-10(8)5-7)26-19(29)25-17(27)11-12(20)14(22)16(28-2)15(23)13(11)21/h7H,3-5H2,1-2H3,(H2,25,26,27,29)/t7-/m1/s1. The van der Waals surface area contributed by atoms with Crippen molar-refractivity contribution < 1.29 is 27.1 Å². The molecule has 0 saturated heterocycles. The van der Waals surface area contributed by atoms with Gasteiger partial charge in [0, 0.05) is 4.88 Å². The summed E-state index contributed by atoms with van der Waals surface area (Å²) in [5.74, 6) is -9.81. The third-order valence-corrected chi connectivity index (χ3v) is 6.11. The highest BCUT2D eigenvalue weighted by Crippen LogP contribution is 2.39. The lowest BCUT2D eigenvalue weighted by Crippen LogP contribution is -2.35. The first kappa shape index (κ1) is 22.0. The van der Waals surface area contributed by atoms with Crippen LogP contribution < -0.4 is 15.4 Å². The summed E-state index contributed by atoms with van der Waals surface area (Å²) in [6.45, 7) is 2.10. The highest BCUT2D eigenvalue weighted by molar-refractivity contribution is 7.80. The number of ether oxygens (including phenoxy) is 1. The third-order valence-electron chi connectivity index (χ3n) is 4.73. The van der Waals surface area contributed by atoms with Gasteiger partial charge in [0.15, 0.2) is 22.5 Å². The van der Waals surface area contributed by atoms with E-state index in [4.69, 9.17) is 12.2 Å². The Balaban J connectivity index is 1.83. The molecule has 1 aromatic heterocycles. The lowest BCUT2D eigenvalue weighted by atomic mass is 9.89. The predicted molar refractivity (Wildman–Crippen MR) is 107 cm³/mol. The van der Waals surface area contributed by atoms with Crippen LogP contribution >= 0.6 is 23.6 Å². The van der Waals surface area contributed by atoms with Gasteiger partial charge in [0.1, 0.15) is 16.6 Å². The molecule has 5 nitrogen and oxygen atoms in total. The van der Waals surface area contributed by atoms with Crippen molar-refractivity contribution in [1.82, 2.24) is 5.32 Å². The number of thiocarbonyl (C=S) groups is 1. The second-order valence-corrected chi connectivity index (χ2v) is 8.25. The highest BCUT2D eigenvalue weighted by Gasteiger charge is 2.31. The van der Waals surface area contributed by atoms with Crippen molar-refractivity contribution in [1.29, 1.82) is 5.26 Å². The molecule has 0 fully saturated rings. The Morgan fingerprint density at radius 2 is 1.87 bits per heavy atom. The summed E-state index contributed by atoms with van der Waals surface area (Å²) in [6.07, 6.45) is 2.47. The Bertz CT molecular complexity index is 1070. The zero-order valence-corrected chi connectivity index (χ0v) is 17.4. The fourth-order valence-corrected chi connectivity index (χ4v) is 4.87. The van der Waals surface area contributed by atoms with Gasteiger partial charge in [-0.3, -0.25) is 10.1 Å². The quantitative estimate of drug-likeness (QED) is 0.405. The largest absolute Gasteiger partial charge is 0.491 e. The average molecular weight is 457 g/mol. The summed E-state index contributed by atoms with van der Waals surface area (Å²) in [7, 11) is 0.827. The van der Waals surface area contributed by atoms with E-state index in [1.165, 1.54) is 11.3 Å². The minimum Gasteiger partial charge on any atom is -0.491 e. The normalized spacial score (nSPS) is 15.2. The maximum Gasteiger partial charge on any atom is 0.263 e. The van der Waals surface area contributed by atoms with Crippen LogP contribution in [0.3, 0.4) is 0 Å². The number of nitriles is 1. The number of carbonyl (C=O) groups excluding carboxylic acids is 1. The lowest BCUT2D eigenvalue weighted by molar-refractivity contribution is 0.0966. The maximum atomic E-state index is 14.1. The molecule has 30 heavy (non-hydrogen) atoms. The molecule has 1 heterocycles. The van der Waals surface area contributed by atoms with Crippen molar-refractivity contribution in [2.45, 2.75) is 26.2 Å². The molecule has 11 heteroatoms. The number of nitrogens with one attached hydrogen (secondary N) is 2. The molecule has 0 aliphatic heterocycles. The van der Waals surface area contributed by atoms with Crippen LogP contribution in [0.5, 0.6) is 5.75 Å². The summed E-state index contributed by atoms with van der Waals surface area (Å²) in [6, 6.07) is 2.10. The molecule has 0 spiro atoms. The molecule has 1 amide bonds. The van der Waals surface area contributed by atoms with Crippen LogP contribution in [0.4, 0.5) is 22.6 Å². The summed E-state index contributed by atoms with van der Waals surface area (Å²) in [5, 5.41) is 14.1. The number of methoxy groups -OCH3 is 1. The van der Waals surface area contributed by atoms with Gasteiger partial charge in [-0.15, -0.1) is 11.3 Å². The molecule has 1 aromatic carbocycles. The number of halogens is 4. The van der Waals surface area contributed by atoms with Crippen molar-refractivity contribution in [2.75, 3.05) is 12.4 Å². The number of amides is 1. The third kappa shape index (κ3) is 3.85. The van der Waals surface area contributed by atoms with Crippen LogP contribution in [0.2, 0.25) is 0 Å². The van der Waals surface area contributed by atoms with Crippen molar-refractivity contribution >= 4 is 39.6 Å². The summed E-state index contributed by atoms with van der Waals surface area (Å²) >= 11 is 6.28. The lowest BCUT2D eigenvalue weighted by Gasteiger charge is -2.17. The first-order valence-corrected chi connectivity index (χ1v) is 9.98. The minimum absolute atomic E-state index is 0.376. The van der Waals surface area contributed by atoms with E-state index in [1.54, 1.807) is 0 Å². The van der Waals surface area contributed by atoms with Gasteiger partial charge >= 0.3 is 0 Å². The summed E-state index contributed by atoms with van der Waals surface area (Å²) < 4.78 is 60.2. The number of fused-ring (bicyclic) bond motifs is 1. The van der Waals surface area contributed by atoms with Crippen LogP contribution in [0.15, 0.2) is 0 Å². The molecule has 0 unspecified atom stereocenters. The number of hydrogen-bond donors (Lipinski definition) is 2. The molecule has 0 radical (unpaired) electrons. The monoisotopic (exact) mass is 457 g/mol. The summed E-state index contributed by atoms with van der Waals surface area (Å²) in [4.78, 5) is 13.3. The summed E-state index contributed by atoms with van der Waals surface area (Å²) in [5.41, 5.74) is -0.180. The molecule has 1 aliphatic rings. The molecule has 2 N–H and O–H groups in total. The van der Waals surface area contributed by atoms with E-state index < -0.39 is 40.5 Å². The van der Waals surface area contributed by atoms with Gasteiger partial charge in [0.25, 0.3) is 5.91 Å². The molecule has 1 atom stereocenters. The Labute approximate surface area is 178 Å². The fourth-order valence-electron chi connectivity index (χ4n) is 3.25. The first-order valence-electron chi connectivity index (χ1n) is 8.76. The van der Waals surface area contributed by atoms with Gasteiger partial charge in [-0.2, -0.15) is 14.0 Å². The topological polar surface area (TPSA) is 74.2 Å². The Morgan fingerprint density at radius 3 is 2.43 bits per heavy atom. The Hall–Kier alpha value is -2.71. The van der Waals surface area contributed by atoms with E-state index in [0.29, 0.717) is 16.5 Å². The van der Waals surface area contributed by atoms with Crippen LogP contribution in [-0.4, -0.2) is 18.1 Å². The van der Waals surface area contributed by atoms with Crippen LogP contribution in [0, 0.1) is 40.5 Å².